The first-order valence-electron chi connectivity index (χ1n) is 8.80. The van der Waals surface area contributed by atoms with Crippen molar-refractivity contribution in [2.75, 3.05) is 0 Å². The standard InChI is InChI=1S/C18H32N2O2/c1-12(2)14-9-8-13(3)11-15(14)22-17(21)20-16-7-6-10-18(16,4)19-5/h12-16H,5-11H2,1-4H3,(H,20,21)/t13-,14+,15-,16?,18?/m1/s1. The summed E-state index contributed by atoms with van der Waals surface area (Å²) in [5.74, 6) is 1.67. The predicted molar refractivity (Wildman–Crippen MR) is 90.3 cm³/mol. The first kappa shape index (κ1) is 17.3. The molecule has 0 spiro atoms. The van der Waals surface area contributed by atoms with Gasteiger partial charge in [-0.2, -0.15) is 0 Å². The number of carbonyl (C=O) groups excluding carboxylic acids is 1. The number of alkyl carbamates (subject to hydrolysis) is 1. The van der Waals surface area contributed by atoms with Crippen molar-refractivity contribution in [1.82, 2.24) is 5.32 Å². The number of aliphatic imine (C=N–C) groups is 1. The van der Waals surface area contributed by atoms with Crippen LogP contribution in [0.5, 0.6) is 0 Å². The molecule has 2 rings (SSSR count). The Morgan fingerprint density at radius 3 is 2.73 bits per heavy atom. The van der Waals surface area contributed by atoms with Gasteiger partial charge in [0.15, 0.2) is 0 Å². The molecule has 2 aliphatic carbocycles. The van der Waals surface area contributed by atoms with Crippen LogP contribution in [0.1, 0.15) is 66.2 Å². The maximum absolute atomic E-state index is 12.4. The fourth-order valence-electron chi connectivity index (χ4n) is 4.13. The molecule has 0 aliphatic heterocycles. The molecule has 2 saturated carbocycles. The van der Waals surface area contributed by atoms with Gasteiger partial charge in [0.2, 0.25) is 0 Å². The maximum Gasteiger partial charge on any atom is 0.407 e. The van der Waals surface area contributed by atoms with Gasteiger partial charge in [-0.3, -0.25) is 4.99 Å². The zero-order valence-electron chi connectivity index (χ0n) is 14.6. The third-order valence-corrected chi connectivity index (χ3v) is 5.80. The summed E-state index contributed by atoms with van der Waals surface area (Å²) >= 11 is 0. The first-order chi connectivity index (χ1) is 10.4. The molecule has 1 N–H and O–H groups in total. The molecule has 4 nitrogen and oxygen atoms in total. The molecule has 5 atom stereocenters. The Morgan fingerprint density at radius 1 is 1.36 bits per heavy atom. The summed E-state index contributed by atoms with van der Waals surface area (Å²) in [7, 11) is 0. The van der Waals surface area contributed by atoms with E-state index in [1.54, 1.807) is 0 Å². The van der Waals surface area contributed by atoms with E-state index < -0.39 is 0 Å². The second kappa shape index (κ2) is 7.01. The van der Waals surface area contributed by atoms with Gasteiger partial charge in [0.05, 0.1) is 11.6 Å². The Balaban J connectivity index is 1.93. The summed E-state index contributed by atoms with van der Waals surface area (Å²) < 4.78 is 5.82. The van der Waals surface area contributed by atoms with Gasteiger partial charge in [0.25, 0.3) is 0 Å². The quantitative estimate of drug-likeness (QED) is 0.792. The summed E-state index contributed by atoms with van der Waals surface area (Å²) in [5, 5.41) is 3.05. The minimum absolute atomic E-state index is 0.0492. The molecule has 126 valence electrons. The number of nitrogens with one attached hydrogen (secondary N) is 1. The molecular weight excluding hydrogens is 276 g/mol. The van der Waals surface area contributed by atoms with Gasteiger partial charge in [-0.05, 0) is 63.5 Å². The van der Waals surface area contributed by atoms with Crippen molar-refractivity contribution in [3.63, 3.8) is 0 Å². The molecule has 0 aromatic heterocycles. The predicted octanol–water partition coefficient (Wildman–Crippen LogP) is 4.19. The Hall–Kier alpha value is -1.06. The smallest absolute Gasteiger partial charge is 0.407 e. The molecule has 2 fully saturated rings. The van der Waals surface area contributed by atoms with E-state index in [2.05, 4.69) is 44.7 Å². The summed E-state index contributed by atoms with van der Waals surface area (Å²) in [6.45, 7) is 12.5. The van der Waals surface area contributed by atoms with Gasteiger partial charge < -0.3 is 10.1 Å². The molecule has 0 bridgehead atoms. The Labute approximate surface area is 135 Å². The number of hydrogen-bond acceptors (Lipinski definition) is 3. The third kappa shape index (κ3) is 3.82. The van der Waals surface area contributed by atoms with Crippen molar-refractivity contribution in [2.45, 2.75) is 83.9 Å². The minimum Gasteiger partial charge on any atom is -0.446 e. The van der Waals surface area contributed by atoms with Gasteiger partial charge >= 0.3 is 6.09 Å². The molecule has 2 aliphatic rings. The van der Waals surface area contributed by atoms with Crippen LogP contribution in [-0.2, 0) is 4.74 Å². The highest BCUT2D eigenvalue weighted by molar-refractivity contribution is 5.68. The van der Waals surface area contributed by atoms with Crippen molar-refractivity contribution in [3.05, 3.63) is 0 Å². The third-order valence-electron chi connectivity index (χ3n) is 5.80. The zero-order chi connectivity index (χ0) is 16.3. The van der Waals surface area contributed by atoms with Crippen molar-refractivity contribution >= 4 is 12.8 Å². The van der Waals surface area contributed by atoms with E-state index in [1.165, 1.54) is 6.42 Å². The fourth-order valence-corrected chi connectivity index (χ4v) is 4.13. The molecule has 0 saturated heterocycles. The van der Waals surface area contributed by atoms with Crippen LogP contribution in [0.3, 0.4) is 0 Å². The number of hydrogen-bond donors (Lipinski definition) is 1. The van der Waals surface area contributed by atoms with E-state index in [0.29, 0.717) is 17.8 Å². The topological polar surface area (TPSA) is 50.7 Å². The molecule has 1 amide bonds. The number of carbonyl (C=O) groups is 1. The van der Waals surface area contributed by atoms with Gasteiger partial charge in [-0.1, -0.05) is 27.2 Å². The number of ether oxygens (including phenoxy) is 1. The van der Waals surface area contributed by atoms with E-state index in [9.17, 15) is 4.79 Å². The lowest BCUT2D eigenvalue weighted by atomic mass is 9.75. The van der Waals surface area contributed by atoms with Crippen molar-refractivity contribution < 1.29 is 9.53 Å². The number of rotatable bonds is 4. The van der Waals surface area contributed by atoms with Crippen molar-refractivity contribution in [3.8, 4) is 0 Å². The van der Waals surface area contributed by atoms with E-state index in [1.807, 2.05) is 0 Å². The number of amides is 1. The van der Waals surface area contributed by atoms with Crippen LogP contribution in [0, 0.1) is 17.8 Å². The monoisotopic (exact) mass is 308 g/mol. The zero-order valence-corrected chi connectivity index (χ0v) is 14.6. The summed E-state index contributed by atoms with van der Waals surface area (Å²) in [6.07, 6.45) is 6.18. The van der Waals surface area contributed by atoms with Gasteiger partial charge in [0.1, 0.15) is 6.10 Å². The van der Waals surface area contributed by atoms with Crippen molar-refractivity contribution in [1.29, 1.82) is 0 Å². The molecular formula is C18H32N2O2. The molecule has 0 aromatic rings. The van der Waals surface area contributed by atoms with E-state index in [-0.39, 0.29) is 23.8 Å². The molecule has 0 aromatic carbocycles. The van der Waals surface area contributed by atoms with E-state index in [0.717, 1.165) is 32.1 Å². The van der Waals surface area contributed by atoms with Crippen LogP contribution in [0.2, 0.25) is 0 Å². The van der Waals surface area contributed by atoms with Crippen LogP contribution < -0.4 is 5.32 Å². The lowest BCUT2D eigenvalue weighted by molar-refractivity contribution is 0.00427. The summed E-state index contributed by atoms with van der Waals surface area (Å²) in [5.41, 5.74) is -0.240. The van der Waals surface area contributed by atoms with E-state index in [4.69, 9.17) is 4.74 Å². The van der Waals surface area contributed by atoms with Gasteiger partial charge in [0, 0.05) is 0 Å². The summed E-state index contributed by atoms with van der Waals surface area (Å²) in [4.78, 5) is 16.6. The van der Waals surface area contributed by atoms with Crippen LogP contribution in [-0.4, -0.2) is 30.5 Å². The molecule has 2 unspecified atom stereocenters. The van der Waals surface area contributed by atoms with Crippen LogP contribution in [0.4, 0.5) is 4.79 Å². The molecule has 22 heavy (non-hydrogen) atoms. The Bertz CT molecular complexity index is 410. The van der Waals surface area contributed by atoms with Crippen LogP contribution >= 0.6 is 0 Å². The van der Waals surface area contributed by atoms with Crippen LogP contribution in [0.15, 0.2) is 4.99 Å². The summed E-state index contributed by atoms with van der Waals surface area (Å²) in [6, 6.07) is 0.0519. The van der Waals surface area contributed by atoms with Crippen molar-refractivity contribution in [2.24, 2.45) is 22.7 Å². The first-order valence-corrected chi connectivity index (χ1v) is 8.80. The van der Waals surface area contributed by atoms with Gasteiger partial charge in [-0.25, -0.2) is 4.79 Å². The normalized spacial score (nSPS) is 38.8. The van der Waals surface area contributed by atoms with Gasteiger partial charge in [-0.15, -0.1) is 0 Å². The minimum atomic E-state index is -0.272. The SMILES string of the molecule is C=NC1(C)CCCC1NC(=O)O[C@@H]1C[C@H](C)CC[C@H]1C(C)C. The maximum atomic E-state index is 12.4. The molecule has 0 heterocycles. The second-order valence-corrected chi connectivity index (χ2v) is 7.87. The average Bonchev–Trinajstić information content (AvgIpc) is 2.80. The Kier molecular flexibility index (Phi) is 5.51. The average molecular weight is 308 g/mol. The molecule has 4 heteroatoms. The number of nitrogens with zero attached hydrogens (tertiary/aromatic N) is 1. The van der Waals surface area contributed by atoms with Crippen LogP contribution in [0.25, 0.3) is 0 Å². The Morgan fingerprint density at radius 2 is 2.09 bits per heavy atom. The highest BCUT2D eigenvalue weighted by atomic mass is 16.6. The lowest BCUT2D eigenvalue weighted by Crippen LogP contribution is -2.48. The van der Waals surface area contributed by atoms with E-state index >= 15 is 0 Å². The second-order valence-electron chi connectivity index (χ2n) is 7.87. The highest BCUT2D eigenvalue weighted by Crippen LogP contribution is 2.36. The lowest BCUT2D eigenvalue weighted by Gasteiger charge is -2.37. The molecule has 0 radical (unpaired) electrons. The highest BCUT2D eigenvalue weighted by Gasteiger charge is 2.40. The largest absolute Gasteiger partial charge is 0.446 e. The fraction of sp³-hybridized carbons (Fsp3) is 0.889.